The Morgan fingerprint density at radius 1 is 1.50 bits per heavy atom. The second kappa shape index (κ2) is 3.48. The normalized spacial score (nSPS) is 17.2. The number of hydrogen-bond donors (Lipinski definition) is 2. The molecule has 2 N–H and O–H groups in total. The number of benzene rings is 1. The number of aromatic hydroxyl groups is 1. The van der Waals surface area contributed by atoms with Gasteiger partial charge >= 0.3 is 0 Å². The Kier molecular flexibility index (Phi) is 2.14. The molecule has 3 rings (SSSR count). The summed E-state index contributed by atoms with van der Waals surface area (Å²) >= 11 is 0. The highest BCUT2D eigenvalue weighted by Crippen LogP contribution is 2.41. The van der Waals surface area contributed by atoms with E-state index >= 15 is 0 Å². The number of hydrogen-bond acceptors (Lipinski definition) is 4. The van der Waals surface area contributed by atoms with Crippen molar-refractivity contribution in [3.05, 3.63) is 28.3 Å². The second-order valence-corrected chi connectivity index (χ2v) is 5.19. The van der Waals surface area contributed by atoms with Gasteiger partial charge in [0.2, 0.25) is 0 Å². The lowest BCUT2D eigenvalue weighted by Gasteiger charge is -2.33. The molecule has 1 aliphatic rings. The molecule has 0 amide bonds. The van der Waals surface area contributed by atoms with E-state index < -0.39 is 0 Å². The molecular formula is C13H14N2O3. The Balaban J connectivity index is 2.40. The number of H-pyrrole nitrogens is 1. The van der Waals surface area contributed by atoms with Crippen molar-refractivity contribution in [2.45, 2.75) is 32.3 Å². The molecule has 0 saturated carbocycles. The molecule has 0 saturated heterocycles. The number of fused-ring (bicyclic) bond motifs is 3. The van der Waals surface area contributed by atoms with Crippen molar-refractivity contribution in [2.75, 3.05) is 0 Å². The third-order valence-electron chi connectivity index (χ3n) is 3.32. The Bertz CT molecular complexity index is 688. The first-order valence-electron chi connectivity index (χ1n) is 5.89. The van der Waals surface area contributed by atoms with E-state index in [4.69, 9.17) is 4.74 Å². The van der Waals surface area contributed by atoms with E-state index in [0.717, 1.165) is 6.42 Å². The van der Waals surface area contributed by atoms with Gasteiger partial charge < -0.3 is 14.8 Å². The highest BCUT2D eigenvalue weighted by atomic mass is 16.5. The van der Waals surface area contributed by atoms with Gasteiger partial charge in [-0.05, 0) is 26.7 Å². The lowest BCUT2D eigenvalue weighted by atomic mass is 9.92. The van der Waals surface area contributed by atoms with Crippen LogP contribution in [0.15, 0.2) is 17.2 Å². The molecular weight excluding hydrogens is 232 g/mol. The predicted octanol–water partition coefficient (Wildman–Crippen LogP) is 1.73. The predicted molar refractivity (Wildman–Crippen MR) is 67.1 cm³/mol. The molecule has 0 bridgehead atoms. The fraction of sp³-hybridized carbons (Fsp3) is 0.385. The molecule has 2 aromatic rings. The zero-order chi connectivity index (χ0) is 12.9. The first-order valence-corrected chi connectivity index (χ1v) is 5.89. The molecule has 1 aromatic carbocycles. The highest BCUT2D eigenvalue weighted by molar-refractivity contribution is 5.88. The van der Waals surface area contributed by atoms with Gasteiger partial charge in [-0.15, -0.1) is 0 Å². The molecule has 5 heteroatoms. The number of phenolic OH excluding ortho intramolecular Hbond substituents is 1. The average Bonchev–Trinajstić information content (AvgIpc) is 2.27. The van der Waals surface area contributed by atoms with Crippen molar-refractivity contribution in [3.63, 3.8) is 0 Å². The minimum absolute atomic E-state index is 0.145. The molecule has 5 nitrogen and oxygen atoms in total. The van der Waals surface area contributed by atoms with Crippen molar-refractivity contribution >= 4 is 10.9 Å². The maximum atomic E-state index is 11.9. The van der Waals surface area contributed by atoms with Crippen LogP contribution in [-0.2, 0) is 6.42 Å². The van der Waals surface area contributed by atoms with Gasteiger partial charge in [0.05, 0.1) is 11.8 Å². The summed E-state index contributed by atoms with van der Waals surface area (Å²) in [5.41, 5.74) is 0.567. The van der Waals surface area contributed by atoms with Crippen molar-refractivity contribution < 1.29 is 9.84 Å². The fourth-order valence-corrected chi connectivity index (χ4v) is 2.33. The lowest BCUT2D eigenvalue weighted by molar-refractivity contribution is 0.0858. The van der Waals surface area contributed by atoms with Crippen LogP contribution in [-0.4, -0.2) is 20.7 Å². The van der Waals surface area contributed by atoms with Crippen molar-refractivity contribution in [3.8, 4) is 11.5 Å². The molecule has 2 heterocycles. The average molecular weight is 246 g/mol. The van der Waals surface area contributed by atoms with Crippen LogP contribution in [0.2, 0.25) is 0 Å². The minimum Gasteiger partial charge on any atom is -0.507 e. The summed E-state index contributed by atoms with van der Waals surface area (Å²) in [6.07, 6.45) is 2.82. The molecule has 0 spiro atoms. The summed E-state index contributed by atoms with van der Waals surface area (Å²) in [5.74, 6) is 0.613. The molecule has 0 aliphatic carbocycles. The molecule has 0 atom stereocenters. The third kappa shape index (κ3) is 1.54. The van der Waals surface area contributed by atoms with E-state index in [1.165, 1.54) is 12.4 Å². The van der Waals surface area contributed by atoms with Crippen LogP contribution in [0.4, 0.5) is 0 Å². The fourth-order valence-electron chi connectivity index (χ4n) is 2.33. The number of nitrogens with zero attached hydrogens (tertiary/aromatic N) is 1. The number of phenols is 1. The Morgan fingerprint density at radius 2 is 2.28 bits per heavy atom. The molecule has 18 heavy (non-hydrogen) atoms. The van der Waals surface area contributed by atoms with Gasteiger partial charge in [0.1, 0.15) is 22.5 Å². The first-order chi connectivity index (χ1) is 8.48. The van der Waals surface area contributed by atoms with Crippen LogP contribution in [0.25, 0.3) is 10.9 Å². The highest BCUT2D eigenvalue weighted by Gasteiger charge is 2.30. The monoisotopic (exact) mass is 246 g/mol. The smallest absolute Gasteiger partial charge is 0.262 e. The summed E-state index contributed by atoms with van der Waals surface area (Å²) in [4.78, 5) is 18.5. The van der Waals surface area contributed by atoms with Crippen LogP contribution in [0.1, 0.15) is 25.8 Å². The Hall–Kier alpha value is -2.04. The summed E-state index contributed by atoms with van der Waals surface area (Å²) in [6, 6.07) is 1.52. The Morgan fingerprint density at radius 3 is 3.06 bits per heavy atom. The van der Waals surface area contributed by atoms with Crippen molar-refractivity contribution in [1.82, 2.24) is 9.97 Å². The number of rotatable bonds is 0. The molecule has 94 valence electrons. The SMILES string of the molecule is CC1(C)CCc2c(O)cc3nc[nH]c(=O)c3c2O1. The van der Waals surface area contributed by atoms with Gasteiger partial charge in [0.15, 0.2) is 0 Å². The summed E-state index contributed by atoms with van der Waals surface area (Å²) in [7, 11) is 0. The van der Waals surface area contributed by atoms with Gasteiger partial charge in [-0.3, -0.25) is 4.79 Å². The standard InChI is InChI=1S/C13H14N2O3/c1-13(2)4-3-7-9(16)5-8-10(11(7)18-13)12(17)15-6-14-8/h5-6,16H,3-4H2,1-2H3,(H,14,15,17). The van der Waals surface area contributed by atoms with E-state index in [0.29, 0.717) is 28.6 Å². The van der Waals surface area contributed by atoms with Crippen LogP contribution >= 0.6 is 0 Å². The van der Waals surface area contributed by atoms with Crippen LogP contribution in [0, 0.1) is 0 Å². The molecule has 0 unspecified atom stereocenters. The molecule has 0 fully saturated rings. The second-order valence-electron chi connectivity index (χ2n) is 5.19. The maximum absolute atomic E-state index is 11.9. The van der Waals surface area contributed by atoms with E-state index in [9.17, 15) is 9.90 Å². The van der Waals surface area contributed by atoms with Gasteiger partial charge in [0.25, 0.3) is 5.56 Å². The third-order valence-corrected chi connectivity index (χ3v) is 3.32. The molecule has 1 aliphatic heterocycles. The van der Waals surface area contributed by atoms with E-state index in [1.54, 1.807) is 0 Å². The van der Waals surface area contributed by atoms with Crippen molar-refractivity contribution in [1.29, 1.82) is 0 Å². The summed E-state index contributed by atoms with van der Waals surface area (Å²) in [6.45, 7) is 3.94. The zero-order valence-electron chi connectivity index (χ0n) is 10.3. The lowest BCUT2D eigenvalue weighted by Crippen LogP contribution is -2.33. The van der Waals surface area contributed by atoms with Crippen LogP contribution in [0.3, 0.4) is 0 Å². The van der Waals surface area contributed by atoms with Gasteiger partial charge in [-0.25, -0.2) is 4.98 Å². The van der Waals surface area contributed by atoms with Crippen LogP contribution in [0.5, 0.6) is 11.5 Å². The molecule has 1 aromatic heterocycles. The first kappa shape index (κ1) is 11.1. The van der Waals surface area contributed by atoms with Gasteiger partial charge in [-0.2, -0.15) is 0 Å². The van der Waals surface area contributed by atoms with Gasteiger partial charge in [-0.1, -0.05) is 0 Å². The van der Waals surface area contributed by atoms with E-state index in [-0.39, 0.29) is 16.9 Å². The van der Waals surface area contributed by atoms with E-state index in [2.05, 4.69) is 9.97 Å². The number of nitrogens with one attached hydrogen (secondary N) is 1. The zero-order valence-corrected chi connectivity index (χ0v) is 10.3. The largest absolute Gasteiger partial charge is 0.507 e. The number of ether oxygens (including phenoxy) is 1. The van der Waals surface area contributed by atoms with Gasteiger partial charge in [0, 0.05) is 11.6 Å². The maximum Gasteiger partial charge on any atom is 0.262 e. The topological polar surface area (TPSA) is 75.2 Å². The van der Waals surface area contributed by atoms with E-state index in [1.807, 2.05) is 13.8 Å². The minimum atomic E-state index is -0.337. The Labute approximate surface area is 103 Å². The number of aromatic nitrogens is 2. The van der Waals surface area contributed by atoms with Crippen molar-refractivity contribution in [2.24, 2.45) is 0 Å². The van der Waals surface area contributed by atoms with Crippen LogP contribution < -0.4 is 10.3 Å². The summed E-state index contributed by atoms with van der Waals surface area (Å²) in [5, 5.41) is 10.4. The quantitative estimate of drug-likeness (QED) is 0.742. The summed E-state index contributed by atoms with van der Waals surface area (Å²) < 4.78 is 5.87. The molecule has 0 radical (unpaired) electrons. The number of aromatic amines is 1.